The van der Waals surface area contributed by atoms with Gasteiger partial charge in [0.15, 0.2) is 5.16 Å². The average Bonchev–Trinajstić information content (AvgIpc) is 2.31. The summed E-state index contributed by atoms with van der Waals surface area (Å²) in [7, 11) is 0. The first-order valence-corrected chi connectivity index (χ1v) is 7.14. The zero-order valence-corrected chi connectivity index (χ0v) is 12.0. The molecule has 0 fully saturated rings. The molecule has 0 amide bonds. The predicted octanol–water partition coefficient (Wildman–Crippen LogP) is 2.89. The van der Waals surface area contributed by atoms with Crippen molar-refractivity contribution in [3.05, 3.63) is 18.0 Å². The van der Waals surface area contributed by atoms with Gasteiger partial charge >= 0.3 is 0 Å². The first kappa shape index (κ1) is 14.5. The SMILES string of the molecule is CCC(N)Cc1cnc(SC(C)C(C)C)nc1. The van der Waals surface area contributed by atoms with Crippen molar-refractivity contribution in [2.24, 2.45) is 11.7 Å². The quantitative estimate of drug-likeness (QED) is 0.625. The summed E-state index contributed by atoms with van der Waals surface area (Å²) in [5, 5.41) is 1.40. The van der Waals surface area contributed by atoms with Gasteiger partial charge < -0.3 is 5.73 Å². The Morgan fingerprint density at radius 1 is 1.24 bits per heavy atom. The van der Waals surface area contributed by atoms with Crippen LogP contribution in [0.4, 0.5) is 0 Å². The lowest BCUT2D eigenvalue weighted by Gasteiger charge is -2.13. The van der Waals surface area contributed by atoms with Crippen LogP contribution >= 0.6 is 11.8 Å². The molecule has 96 valence electrons. The van der Waals surface area contributed by atoms with Crippen LogP contribution in [0.1, 0.15) is 39.7 Å². The third-order valence-corrected chi connectivity index (χ3v) is 4.27. The fraction of sp³-hybridized carbons (Fsp3) is 0.692. The van der Waals surface area contributed by atoms with Gasteiger partial charge in [-0.3, -0.25) is 0 Å². The van der Waals surface area contributed by atoms with E-state index >= 15 is 0 Å². The summed E-state index contributed by atoms with van der Waals surface area (Å²) in [6, 6.07) is 0.215. The van der Waals surface area contributed by atoms with Crippen LogP contribution < -0.4 is 5.73 Å². The Hall–Kier alpha value is -0.610. The zero-order chi connectivity index (χ0) is 12.8. The minimum atomic E-state index is 0.215. The molecule has 1 heterocycles. The van der Waals surface area contributed by atoms with Crippen molar-refractivity contribution in [2.75, 3.05) is 0 Å². The molecule has 2 unspecified atom stereocenters. The van der Waals surface area contributed by atoms with E-state index in [-0.39, 0.29) is 6.04 Å². The fourth-order valence-corrected chi connectivity index (χ4v) is 2.09. The fourth-order valence-electron chi connectivity index (χ4n) is 1.26. The van der Waals surface area contributed by atoms with Crippen molar-refractivity contribution < 1.29 is 0 Å². The normalized spacial score (nSPS) is 14.9. The van der Waals surface area contributed by atoms with E-state index in [4.69, 9.17) is 5.73 Å². The van der Waals surface area contributed by atoms with Gasteiger partial charge in [-0.2, -0.15) is 0 Å². The van der Waals surface area contributed by atoms with Gasteiger partial charge in [-0.15, -0.1) is 0 Å². The lowest BCUT2D eigenvalue weighted by atomic mass is 10.1. The number of aromatic nitrogens is 2. The van der Waals surface area contributed by atoms with E-state index in [0.29, 0.717) is 11.2 Å². The largest absolute Gasteiger partial charge is 0.327 e. The third-order valence-electron chi connectivity index (χ3n) is 2.93. The standard InChI is InChI=1S/C13H23N3S/c1-5-12(14)6-11-7-15-13(16-8-11)17-10(4)9(2)3/h7-10,12H,5-6,14H2,1-4H3. The summed E-state index contributed by atoms with van der Waals surface area (Å²) < 4.78 is 0. The molecule has 0 aliphatic rings. The van der Waals surface area contributed by atoms with Crippen molar-refractivity contribution in [1.29, 1.82) is 0 Å². The third kappa shape index (κ3) is 5.04. The van der Waals surface area contributed by atoms with Crippen molar-refractivity contribution in [3.63, 3.8) is 0 Å². The predicted molar refractivity (Wildman–Crippen MR) is 74.2 cm³/mol. The Kier molecular flexibility index (Phi) is 5.92. The number of hydrogen-bond acceptors (Lipinski definition) is 4. The molecule has 0 spiro atoms. The monoisotopic (exact) mass is 253 g/mol. The molecule has 2 N–H and O–H groups in total. The van der Waals surface area contributed by atoms with Gasteiger partial charge in [0.25, 0.3) is 0 Å². The van der Waals surface area contributed by atoms with E-state index in [2.05, 4.69) is 37.7 Å². The summed E-state index contributed by atoms with van der Waals surface area (Å²) in [6.07, 6.45) is 5.65. The second-order valence-corrected chi connectivity index (χ2v) is 6.16. The van der Waals surface area contributed by atoms with Gasteiger partial charge in [0.2, 0.25) is 0 Å². The van der Waals surface area contributed by atoms with Crippen molar-refractivity contribution in [3.8, 4) is 0 Å². The minimum absolute atomic E-state index is 0.215. The first-order chi connectivity index (χ1) is 8.02. The number of hydrogen-bond donors (Lipinski definition) is 1. The maximum atomic E-state index is 5.90. The van der Waals surface area contributed by atoms with Crippen LogP contribution in [0.25, 0.3) is 0 Å². The Bertz CT molecular complexity index is 324. The number of thioether (sulfide) groups is 1. The maximum Gasteiger partial charge on any atom is 0.187 e. The van der Waals surface area contributed by atoms with E-state index in [0.717, 1.165) is 23.6 Å². The van der Waals surface area contributed by atoms with Crippen molar-refractivity contribution in [2.45, 2.75) is 57.0 Å². The van der Waals surface area contributed by atoms with Gasteiger partial charge in [-0.25, -0.2) is 9.97 Å². The number of nitrogens with two attached hydrogens (primary N) is 1. The molecule has 2 atom stereocenters. The van der Waals surface area contributed by atoms with Crippen LogP contribution in [0.5, 0.6) is 0 Å². The van der Waals surface area contributed by atoms with Crippen LogP contribution in [0.2, 0.25) is 0 Å². The molecule has 3 nitrogen and oxygen atoms in total. The molecule has 0 saturated heterocycles. The lowest BCUT2D eigenvalue weighted by molar-refractivity contribution is 0.636. The maximum absolute atomic E-state index is 5.90. The molecule has 1 aromatic heterocycles. The summed E-state index contributed by atoms with van der Waals surface area (Å²) >= 11 is 1.73. The zero-order valence-electron chi connectivity index (χ0n) is 11.2. The van der Waals surface area contributed by atoms with E-state index < -0.39 is 0 Å². The molecule has 0 aliphatic carbocycles. The minimum Gasteiger partial charge on any atom is -0.327 e. The van der Waals surface area contributed by atoms with Crippen LogP contribution in [-0.4, -0.2) is 21.3 Å². The number of rotatable bonds is 6. The number of nitrogens with zero attached hydrogens (tertiary/aromatic N) is 2. The highest BCUT2D eigenvalue weighted by molar-refractivity contribution is 7.99. The van der Waals surface area contributed by atoms with Crippen LogP contribution in [0, 0.1) is 5.92 Å². The molecule has 17 heavy (non-hydrogen) atoms. The highest BCUT2D eigenvalue weighted by atomic mass is 32.2. The molecule has 0 radical (unpaired) electrons. The second-order valence-electron chi connectivity index (χ2n) is 4.81. The first-order valence-electron chi connectivity index (χ1n) is 6.26. The summed E-state index contributed by atoms with van der Waals surface area (Å²) in [5.74, 6) is 0.636. The molecular formula is C13H23N3S. The molecule has 0 bridgehead atoms. The highest BCUT2D eigenvalue weighted by Crippen LogP contribution is 2.24. The van der Waals surface area contributed by atoms with E-state index in [1.807, 2.05) is 12.4 Å². The lowest BCUT2D eigenvalue weighted by Crippen LogP contribution is -2.21. The van der Waals surface area contributed by atoms with E-state index in [9.17, 15) is 0 Å². The molecule has 4 heteroatoms. The van der Waals surface area contributed by atoms with E-state index in [1.165, 1.54) is 0 Å². The van der Waals surface area contributed by atoms with Crippen LogP contribution in [0.15, 0.2) is 17.6 Å². The van der Waals surface area contributed by atoms with Crippen LogP contribution in [0.3, 0.4) is 0 Å². The van der Waals surface area contributed by atoms with Gasteiger partial charge in [-0.1, -0.05) is 39.5 Å². The Labute approximate surface area is 109 Å². The van der Waals surface area contributed by atoms with E-state index in [1.54, 1.807) is 11.8 Å². The average molecular weight is 253 g/mol. The molecular weight excluding hydrogens is 230 g/mol. The van der Waals surface area contributed by atoms with Gasteiger partial charge in [0.1, 0.15) is 0 Å². The molecule has 0 aromatic carbocycles. The van der Waals surface area contributed by atoms with Gasteiger partial charge in [-0.05, 0) is 24.3 Å². The van der Waals surface area contributed by atoms with Crippen molar-refractivity contribution >= 4 is 11.8 Å². The topological polar surface area (TPSA) is 51.8 Å². The highest BCUT2D eigenvalue weighted by Gasteiger charge is 2.10. The Morgan fingerprint density at radius 3 is 2.29 bits per heavy atom. The molecule has 0 saturated carbocycles. The van der Waals surface area contributed by atoms with Gasteiger partial charge in [0, 0.05) is 23.7 Å². The van der Waals surface area contributed by atoms with Gasteiger partial charge in [0.05, 0.1) is 0 Å². The summed E-state index contributed by atoms with van der Waals surface area (Å²) in [5.41, 5.74) is 7.03. The summed E-state index contributed by atoms with van der Waals surface area (Å²) in [6.45, 7) is 8.73. The Morgan fingerprint density at radius 2 is 1.82 bits per heavy atom. The van der Waals surface area contributed by atoms with Crippen molar-refractivity contribution in [1.82, 2.24) is 9.97 Å². The van der Waals surface area contributed by atoms with Crippen LogP contribution in [-0.2, 0) is 6.42 Å². The molecule has 1 rings (SSSR count). The molecule has 1 aromatic rings. The molecule has 0 aliphatic heterocycles. The second kappa shape index (κ2) is 6.97. The smallest absolute Gasteiger partial charge is 0.187 e. The Balaban J connectivity index is 2.56. The summed E-state index contributed by atoms with van der Waals surface area (Å²) in [4.78, 5) is 8.77.